The Labute approximate surface area is 238 Å². The van der Waals surface area contributed by atoms with Crippen LogP contribution in [0.25, 0.3) is 0 Å². The third kappa shape index (κ3) is 8.09. The van der Waals surface area contributed by atoms with Gasteiger partial charge < -0.3 is 19.3 Å². The SMILES string of the molecule is COc1cccc(OCC(=O)N2CCN(C(C)C)CCCN(C(=O)CCc3ccccc3)c3ccccc3C2)c1. The minimum Gasteiger partial charge on any atom is -0.497 e. The number of hydrogen-bond donors (Lipinski definition) is 0. The predicted molar refractivity (Wildman–Crippen MR) is 159 cm³/mol. The lowest BCUT2D eigenvalue weighted by molar-refractivity contribution is -0.134. The van der Waals surface area contributed by atoms with E-state index in [1.807, 2.05) is 70.5 Å². The number of hydrogen-bond acceptors (Lipinski definition) is 5. The van der Waals surface area contributed by atoms with E-state index in [0.29, 0.717) is 50.0 Å². The van der Waals surface area contributed by atoms with E-state index in [-0.39, 0.29) is 18.4 Å². The zero-order chi connectivity index (χ0) is 28.3. The minimum absolute atomic E-state index is 0.0727. The van der Waals surface area contributed by atoms with E-state index in [0.717, 1.165) is 36.3 Å². The van der Waals surface area contributed by atoms with Crippen molar-refractivity contribution < 1.29 is 19.1 Å². The third-order valence-electron chi connectivity index (χ3n) is 7.39. The summed E-state index contributed by atoms with van der Waals surface area (Å²) in [5.74, 6) is 1.28. The standard InChI is InChI=1S/C33H41N3O4/c1-26(2)34-19-10-20-36(32(37)18-17-27-11-5-4-6-12-27)31-16-8-7-13-28(31)24-35(22-21-34)33(38)25-40-30-15-9-14-29(23-30)39-3/h4-9,11-16,23,26H,10,17-22,24-25H2,1-3H3. The molecular weight excluding hydrogens is 502 g/mol. The van der Waals surface area contributed by atoms with Gasteiger partial charge in [0.1, 0.15) is 11.5 Å². The number of carbonyl (C=O) groups is 2. The summed E-state index contributed by atoms with van der Waals surface area (Å²) in [6.45, 7) is 7.51. The first-order chi connectivity index (χ1) is 19.4. The molecule has 212 valence electrons. The highest BCUT2D eigenvalue weighted by Gasteiger charge is 2.24. The molecule has 0 unspecified atom stereocenters. The summed E-state index contributed by atoms with van der Waals surface area (Å²) in [4.78, 5) is 33.3. The Kier molecular flexibility index (Phi) is 10.6. The first kappa shape index (κ1) is 29.2. The maximum absolute atomic E-state index is 13.6. The molecule has 1 aliphatic heterocycles. The summed E-state index contributed by atoms with van der Waals surface area (Å²) in [5, 5.41) is 0. The van der Waals surface area contributed by atoms with E-state index in [1.165, 1.54) is 0 Å². The maximum atomic E-state index is 13.6. The van der Waals surface area contributed by atoms with E-state index in [1.54, 1.807) is 13.2 Å². The van der Waals surface area contributed by atoms with Crippen LogP contribution in [0.3, 0.4) is 0 Å². The van der Waals surface area contributed by atoms with Crippen molar-refractivity contribution in [3.05, 3.63) is 90.0 Å². The molecule has 0 radical (unpaired) electrons. The average Bonchev–Trinajstić information content (AvgIpc) is 3.02. The number of carbonyl (C=O) groups excluding carboxylic acids is 2. The zero-order valence-electron chi connectivity index (χ0n) is 23.9. The van der Waals surface area contributed by atoms with Gasteiger partial charge >= 0.3 is 0 Å². The molecular formula is C33H41N3O4. The minimum atomic E-state index is -0.0949. The Bertz CT molecular complexity index is 1250. The molecule has 3 aromatic rings. The van der Waals surface area contributed by atoms with Crippen LogP contribution in [0, 0.1) is 0 Å². The summed E-state index contributed by atoms with van der Waals surface area (Å²) < 4.78 is 11.1. The summed E-state index contributed by atoms with van der Waals surface area (Å²) in [5.41, 5.74) is 2.99. The van der Waals surface area contributed by atoms with Crippen LogP contribution in [0.2, 0.25) is 0 Å². The highest BCUT2D eigenvalue weighted by atomic mass is 16.5. The molecule has 2 amide bonds. The van der Waals surface area contributed by atoms with Crippen molar-refractivity contribution in [3.63, 3.8) is 0 Å². The normalized spacial score (nSPS) is 14.8. The van der Waals surface area contributed by atoms with Crippen LogP contribution in [0.4, 0.5) is 5.69 Å². The van der Waals surface area contributed by atoms with Gasteiger partial charge in [0.15, 0.2) is 6.61 Å². The summed E-state index contributed by atoms with van der Waals surface area (Å²) in [7, 11) is 1.60. The van der Waals surface area contributed by atoms with Crippen LogP contribution in [0.1, 0.15) is 37.8 Å². The molecule has 3 aromatic carbocycles. The Balaban J connectivity index is 1.55. The van der Waals surface area contributed by atoms with E-state index in [2.05, 4.69) is 30.9 Å². The van der Waals surface area contributed by atoms with Crippen LogP contribution in [-0.4, -0.2) is 67.6 Å². The van der Waals surface area contributed by atoms with Crippen LogP contribution in [0.5, 0.6) is 11.5 Å². The van der Waals surface area contributed by atoms with Crippen LogP contribution in [0.15, 0.2) is 78.9 Å². The molecule has 0 atom stereocenters. The van der Waals surface area contributed by atoms with Crippen LogP contribution in [-0.2, 0) is 22.6 Å². The van der Waals surface area contributed by atoms with Gasteiger partial charge in [0, 0.05) is 56.9 Å². The fourth-order valence-electron chi connectivity index (χ4n) is 5.05. The summed E-state index contributed by atoms with van der Waals surface area (Å²) in [6, 6.07) is 25.7. The highest BCUT2D eigenvalue weighted by Crippen LogP contribution is 2.25. The first-order valence-electron chi connectivity index (χ1n) is 14.2. The topological polar surface area (TPSA) is 62.3 Å². The third-order valence-corrected chi connectivity index (χ3v) is 7.39. The lowest BCUT2D eigenvalue weighted by atomic mass is 10.1. The van der Waals surface area contributed by atoms with Crippen molar-refractivity contribution in [1.82, 2.24) is 9.80 Å². The van der Waals surface area contributed by atoms with Crippen molar-refractivity contribution in [1.29, 1.82) is 0 Å². The number of aryl methyl sites for hydroxylation is 1. The quantitative estimate of drug-likeness (QED) is 0.392. The Morgan fingerprint density at radius 1 is 0.825 bits per heavy atom. The van der Waals surface area contributed by atoms with Crippen molar-refractivity contribution >= 4 is 17.5 Å². The van der Waals surface area contributed by atoms with Crippen LogP contribution < -0.4 is 14.4 Å². The zero-order valence-corrected chi connectivity index (χ0v) is 23.9. The number of methoxy groups -OCH3 is 1. The molecule has 1 heterocycles. The predicted octanol–water partition coefficient (Wildman–Crippen LogP) is 5.18. The number of amides is 2. The molecule has 4 rings (SSSR count). The fraction of sp³-hybridized carbons (Fsp3) is 0.394. The van der Waals surface area contributed by atoms with Crippen molar-refractivity contribution in [2.24, 2.45) is 0 Å². The summed E-state index contributed by atoms with van der Waals surface area (Å²) >= 11 is 0. The molecule has 0 bridgehead atoms. The number of ether oxygens (including phenoxy) is 2. The Morgan fingerprint density at radius 3 is 2.35 bits per heavy atom. The monoisotopic (exact) mass is 543 g/mol. The molecule has 40 heavy (non-hydrogen) atoms. The number of anilines is 1. The smallest absolute Gasteiger partial charge is 0.260 e. The van der Waals surface area contributed by atoms with Gasteiger partial charge in [-0.1, -0.05) is 54.6 Å². The second-order valence-electron chi connectivity index (χ2n) is 10.4. The van der Waals surface area contributed by atoms with Gasteiger partial charge in [-0.3, -0.25) is 14.5 Å². The molecule has 0 saturated heterocycles. The largest absolute Gasteiger partial charge is 0.497 e. The van der Waals surface area contributed by atoms with E-state index in [4.69, 9.17) is 9.47 Å². The lowest BCUT2D eigenvalue weighted by Gasteiger charge is -2.30. The molecule has 0 aliphatic carbocycles. The molecule has 0 saturated carbocycles. The molecule has 7 heteroatoms. The van der Waals surface area contributed by atoms with Gasteiger partial charge in [0.05, 0.1) is 7.11 Å². The van der Waals surface area contributed by atoms with Gasteiger partial charge in [-0.25, -0.2) is 0 Å². The highest BCUT2D eigenvalue weighted by molar-refractivity contribution is 5.94. The van der Waals surface area contributed by atoms with Gasteiger partial charge in [0.25, 0.3) is 5.91 Å². The number of benzene rings is 3. The second-order valence-corrected chi connectivity index (χ2v) is 10.4. The van der Waals surface area contributed by atoms with Gasteiger partial charge in [-0.05, 0) is 56.0 Å². The Hall–Kier alpha value is -3.84. The molecule has 7 nitrogen and oxygen atoms in total. The summed E-state index contributed by atoms with van der Waals surface area (Å²) in [6.07, 6.45) is 1.99. The average molecular weight is 544 g/mol. The Morgan fingerprint density at radius 2 is 1.57 bits per heavy atom. The van der Waals surface area contributed by atoms with E-state index in [9.17, 15) is 9.59 Å². The first-order valence-corrected chi connectivity index (χ1v) is 14.2. The second kappa shape index (κ2) is 14.5. The van der Waals surface area contributed by atoms with Crippen molar-refractivity contribution in [2.75, 3.05) is 44.8 Å². The maximum Gasteiger partial charge on any atom is 0.260 e. The van der Waals surface area contributed by atoms with Gasteiger partial charge in [0.2, 0.25) is 5.91 Å². The van der Waals surface area contributed by atoms with Crippen molar-refractivity contribution in [2.45, 2.75) is 45.7 Å². The van der Waals surface area contributed by atoms with Gasteiger partial charge in [-0.15, -0.1) is 0 Å². The molecule has 1 aliphatic rings. The number of fused-ring (bicyclic) bond motifs is 1. The number of nitrogens with zero attached hydrogens (tertiary/aromatic N) is 3. The molecule has 0 fully saturated rings. The number of rotatable bonds is 8. The van der Waals surface area contributed by atoms with Crippen molar-refractivity contribution in [3.8, 4) is 11.5 Å². The fourth-order valence-corrected chi connectivity index (χ4v) is 5.05. The van der Waals surface area contributed by atoms with Gasteiger partial charge in [-0.2, -0.15) is 0 Å². The molecule has 0 spiro atoms. The molecule has 0 aromatic heterocycles. The molecule has 0 N–H and O–H groups in total. The van der Waals surface area contributed by atoms with E-state index >= 15 is 0 Å². The van der Waals surface area contributed by atoms with E-state index < -0.39 is 0 Å². The number of para-hydroxylation sites is 1. The lowest BCUT2D eigenvalue weighted by Crippen LogP contribution is -2.42. The van der Waals surface area contributed by atoms with Crippen LogP contribution >= 0.6 is 0 Å².